The highest BCUT2D eigenvalue weighted by Crippen LogP contribution is 2.28. The summed E-state index contributed by atoms with van der Waals surface area (Å²) in [5, 5.41) is 5.94. The molecule has 0 saturated carbocycles. The van der Waals surface area contributed by atoms with Gasteiger partial charge in [-0.15, -0.1) is 0 Å². The lowest BCUT2D eigenvalue weighted by Crippen LogP contribution is -2.33. The Labute approximate surface area is 110 Å². The van der Waals surface area contributed by atoms with Crippen molar-refractivity contribution in [2.75, 3.05) is 0 Å². The lowest BCUT2D eigenvalue weighted by Gasteiger charge is -2.16. The van der Waals surface area contributed by atoms with Crippen LogP contribution in [0.25, 0.3) is 11.3 Å². The molecular weight excluding hydrogens is 280 g/mol. The predicted octanol–water partition coefficient (Wildman–Crippen LogP) is 2.67. The quantitative estimate of drug-likeness (QED) is 0.880. The molecule has 20 heavy (non-hydrogen) atoms. The molecule has 0 atom stereocenters. The molecule has 1 aromatic carbocycles. The zero-order valence-electron chi connectivity index (χ0n) is 9.82. The average molecular weight is 288 g/mol. The molecule has 0 fully saturated rings. The number of aromatic amines is 1. The van der Waals surface area contributed by atoms with Crippen LogP contribution in [0.4, 0.5) is 17.6 Å². The Morgan fingerprint density at radius 3 is 2.25 bits per heavy atom. The summed E-state index contributed by atoms with van der Waals surface area (Å²) < 4.78 is 53.2. The van der Waals surface area contributed by atoms with E-state index in [1.165, 1.54) is 24.3 Å². The maximum Gasteiger partial charge on any atom is 0.461 e. The molecule has 0 amide bonds. The molecule has 0 aliphatic heterocycles. The minimum atomic E-state index is -4.54. The van der Waals surface area contributed by atoms with Crippen molar-refractivity contribution in [2.24, 2.45) is 0 Å². The van der Waals surface area contributed by atoms with Crippen molar-refractivity contribution in [1.29, 1.82) is 0 Å². The van der Waals surface area contributed by atoms with Gasteiger partial charge in [0.2, 0.25) is 0 Å². The van der Waals surface area contributed by atoms with Gasteiger partial charge in [0.05, 0.1) is 5.69 Å². The Balaban J connectivity index is 2.18. The van der Waals surface area contributed by atoms with Gasteiger partial charge in [0.1, 0.15) is 5.75 Å². The number of halogens is 4. The van der Waals surface area contributed by atoms with Crippen LogP contribution < -0.4 is 10.3 Å². The molecule has 0 aliphatic rings. The van der Waals surface area contributed by atoms with Crippen LogP contribution in [0.2, 0.25) is 0 Å². The van der Waals surface area contributed by atoms with Gasteiger partial charge in [-0.1, -0.05) is 0 Å². The fourth-order valence-corrected chi connectivity index (χ4v) is 1.40. The van der Waals surface area contributed by atoms with Gasteiger partial charge in [-0.25, -0.2) is 5.10 Å². The second-order valence-corrected chi connectivity index (χ2v) is 3.80. The molecule has 0 aliphatic carbocycles. The van der Waals surface area contributed by atoms with Crippen molar-refractivity contribution >= 4 is 0 Å². The van der Waals surface area contributed by atoms with Gasteiger partial charge in [-0.05, 0) is 30.3 Å². The van der Waals surface area contributed by atoms with E-state index in [1.807, 2.05) is 0 Å². The van der Waals surface area contributed by atoms with Crippen molar-refractivity contribution in [3.63, 3.8) is 0 Å². The molecule has 0 unspecified atom stereocenters. The number of nitrogens with one attached hydrogen (secondary N) is 1. The van der Waals surface area contributed by atoms with Gasteiger partial charge in [0.15, 0.2) is 0 Å². The smallest absolute Gasteiger partial charge is 0.428 e. The van der Waals surface area contributed by atoms with Crippen LogP contribution in [0.15, 0.2) is 41.2 Å². The SMILES string of the molecule is O=c1ccc(-c2ccc(OC(F)(F)C(F)F)cc2)n[nH]1. The van der Waals surface area contributed by atoms with Crippen molar-refractivity contribution in [2.45, 2.75) is 12.5 Å². The summed E-state index contributed by atoms with van der Waals surface area (Å²) in [6.45, 7) is 0. The van der Waals surface area contributed by atoms with Gasteiger partial charge in [-0.2, -0.15) is 22.7 Å². The first-order valence-corrected chi connectivity index (χ1v) is 5.39. The number of aromatic nitrogens is 2. The Hall–Kier alpha value is -2.38. The molecule has 0 saturated heterocycles. The number of nitrogens with zero attached hydrogens (tertiary/aromatic N) is 1. The summed E-state index contributed by atoms with van der Waals surface area (Å²) in [5.41, 5.74) is 0.524. The number of alkyl halides is 4. The second kappa shape index (κ2) is 5.32. The lowest BCUT2D eigenvalue weighted by atomic mass is 10.1. The summed E-state index contributed by atoms with van der Waals surface area (Å²) in [6.07, 6.45) is -8.46. The van der Waals surface area contributed by atoms with E-state index >= 15 is 0 Å². The molecular formula is C12H8F4N2O2. The molecule has 8 heteroatoms. The Bertz CT molecular complexity index is 620. The van der Waals surface area contributed by atoms with Gasteiger partial charge in [-0.3, -0.25) is 4.79 Å². The van der Waals surface area contributed by atoms with Crippen LogP contribution in [0.3, 0.4) is 0 Å². The van der Waals surface area contributed by atoms with Crippen molar-refractivity contribution < 1.29 is 22.3 Å². The normalized spacial score (nSPS) is 11.7. The van der Waals surface area contributed by atoms with Crippen molar-refractivity contribution in [3.8, 4) is 17.0 Å². The maximum absolute atomic E-state index is 12.7. The number of rotatable bonds is 4. The first-order valence-electron chi connectivity index (χ1n) is 5.39. The molecule has 4 nitrogen and oxygen atoms in total. The van der Waals surface area contributed by atoms with E-state index in [1.54, 1.807) is 0 Å². The molecule has 0 radical (unpaired) electrons. The summed E-state index contributed by atoms with van der Waals surface area (Å²) >= 11 is 0. The molecule has 1 aromatic heterocycles. The van der Waals surface area contributed by atoms with Gasteiger partial charge in [0.25, 0.3) is 5.56 Å². The third-order valence-corrected chi connectivity index (χ3v) is 2.34. The molecule has 2 aromatic rings. The fourth-order valence-electron chi connectivity index (χ4n) is 1.40. The van der Waals surface area contributed by atoms with Crippen LogP contribution in [0.5, 0.6) is 5.75 Å². The summed E-state index contributed by atoms with van der Waals surface area (Å²) in [5.74, 6) is -0.400. The standard InChI is InChI=1S/C12H8F4N2O2/c13-11(14)12(15,16)20-8-3-1-7(2-4-8)9-5-6-10(19)18-17-9/h1-6,11H,(H,18,19). The number of H-pyrrole nitrogens is 1. The van der Waals surface area contributed by atoms with E-state index in [2.05, 4.69) is 14.9 Å². The third-order valence-electron chi connectivity index (χ3n) is 2.34. The number of benzene rings is 1. The maximum atomic E-state index is 12.7. The monoisotopic (exact) mass is 288 g/mol. The van der Waals surface area contributed by atoms with Gasteiger partial charge < -0.3 is 4.74 Å². The Kier molecular flexibility index (Phi) is 3.73. The highest BCUT2D eigenvalue weighted by atomic mass is 19.3. The van der Waals surface area contributed by atoms with E-state index < -0.39 is 18.3 Å². The molecule has 106 valence electrons. The largest absolute Gasteiger partial charge is 0.461 e. The van der Waals surface area contributed by atoms with Gasteiger partial charge in [0, 0.05) is 11.6 Å². The molecule has 1 heterocycles. The molecule has 0 bridgehead atoms. The van der Waals surface area contributed by atoms with Crippen LogP contribution >= 0.6 is 0 Å². The minimum Gasteiger partial charge on any atom is -0.428 e. The number of ether oxygens (including phenoxy) is 1. The van der Waals surface area contributed by atoms with E-state index in [0.29, 0.717) is 11.3 Å². The minimum absolute atomic E-state index is 0.384. The van der Waals surface area contributed by atoms with Crippen molar-refractivity contribution in [1.82, 2.24) is 10.2 Å². The molecule has 1 N–H and O–H groups in total. The first-order chi connectivity index (χ1) is 9.38. The molecule has 2 rings (SSSR count). The number of hydrogen-bond donors (Lipinski definition) is 1. The van der Waals surface area contributed by atoms with E-state index in [0.717, 1.165) is 12.1 Å². The zero-order chi connectivity index (χ0) is 14.8. The first kappa shape index (κ1) is 14.0. The second-order valence-electron chi connectivity index (χ2n) is 3.80. The predicted molar refractivity (Wildman–Crippen MR) is 61.9 cm³/mol. The third kappa shape index (κ3) is 3.14. The Morgan fingerprint density at radius 2 is 1.75 bits per heavy atom. The van der Waals surface area contributed by atoms with Crippen LogP contribution in [-0.4, -0.2) is 22.7 Å². The number of hydrogen-bond acceptors (Lipinski definition) is 3. The van der Waals surface area contributed by atoms with Gasteiger partial charge >= 0.3 is 12.5 Å². The highest BCUT2D eigenvalue weighted by Gasteiger charge is 2.43. The van der Waals surface area contributed by atoms with Crippen LogP contribution in [0, 0.1) is 0 Å². The van der Waals surface area contributed by atoms with Crippen LogP contribution in [0.1, 0.15) is 0 Å². The zero-order valence-corrected chi connectivity index (χ0v) is 9.82. The van der Waals surface area contributed by atoms with Crippen LogP contribution in [-0.2, 0) is 0 Å². The summed E-state index contributed by atoms with van der Waals surface area (Å²) in [4.78, 5) is 10.8. The lowest BCUT2D eigenvalue weighted by molar-refractivity contribution is -0.253. The summed E-state index contributed by atoms with van der Waals surface area (Å²) in [7, 11) is 0. The summed E-state index contributed by atoms with van der Waals surface area (Å²) in [6, 6.07) is 7.62. The van der Waals surface area contributed by atoms with E-state index in [-0.39, 0.29) is 5.56 Å². The highest BCUT2D eigenvalue weighted by molar-refractivity contribution is 5.59. The Morgan fingerprint density at radius 1 is 1.10 bits per heavy atom. The molecule has 0 spiro atoms. The topological polar surface area (TPSA) is 55.0 Å². The van der Waals surface area contributed by atoms with E-state index in [4.69, 9.17) is 0 Å². The van der Waals surface area contributed by atoms with Crippen molar-refractivity contribution in [3.05, 3.63) is 46.8 Å². The fraction of sp³-hybridized carbons (Fsp3) is 0.167. The average Bonchev–Trinajstić information content (AvgIpc) is 2.40. The van der Waals surface area contributed by atoms with E-state index in [9.17, 15) is 22.4 Å².